The first-order valence-corrected chi connectivity index (χ1v) is 12.0. The molecule has 1 aromatic heterocycles. The van der Waals surface area contributed by atoms with E-state index in [9.17, 15) is 14.0 Å². The van der Waals surface area contributed by atoms with Crippen LogP contribution in [0.4, 0.5) is 10.1 Å². The third-order valence-corrected chi connectivity index (χ3v) is 7.52. The summed E-state index contributed by atoms with van der Waals surface area (Å²) in [6.07, 6.45) is 10.4. The van der Waals surface area contributed by atoms with E-state index in [4.69, 9.17) is 5.73 Å². The van der Waals surface area contributed by atoms with E-state index in [1.54, 1.807) is 24.5 Å². The molecule has 0 aliphatic heterocycles. The first-order chi connectivity index (χ1) is 16.0. The third-order valence-electron chi connectivity index (χ3n) is 7.52. The molecular weight excluding hydrogens is 419 g/mol. The lowest BCUT2D eigenvalue weighted by Gasteiger charge is -2.33. The second-order valence-corrected chi connectivity index (χ2v) is 9.57. The zero-order valence-electron chi connectivity index (χ0n) is 18.9. The Hall–Kier alpha value is -2.80. The lowest BCUT2D eigenvalue weighted by atomic mass is 9.77. The highest BCUT2D eigenvalue weighted by Gasteiger charge is 2.37. The van der Waals surface area contributed by atoms with Crippen molar-refractivity contribution in [1.29, 1.82) is 0 Å². The molecule has 176 valence electrons. The Morgan fingerprint density at radius 2 is 1.67 bits per heavy atom. The number of hydrogen-bond acceptors (Lipinski definition) is 4. The summed E-state index contributed by atoms with van der Waals surface area (Å²) < 4.78 is 13.4. The summed E-state index contributed by atoms with van der Waals surface area (Å²) in [6, 6.07) is 9.62. The fourth-order valence-electron chi connectivity index (χ4n) is 5.43. The SMILES string of the molecule is NC(C(=O)NCC1(c2ccc(F)cc2)CCCC1)C1CCC(C(=O)Nc2ccncc2)CC1. The minimum absolute atomic E-state index is 0.0140. The molecule has 2 aromatic rings. The van der Waals surface area contributed by atoms with Crippen LogP contribution in [0.15, 0.2) is 48.8 Å². The second kappa shape index (κ2) is 10.4. The number of benzene rings is 1. The largest absolute Gasteiger partial charge is 0.354 e. The average molecular weight is 453 g/mol. The van der Waals surface area contributed by atoms with Crippen molar-refractivity contribution in [2.24, 2.45) is 17.6 Å². The number of nitrogens with one attached hydrogen (secondary N) is 2. The topological polar surface area (TPSA) is 97.1 Å². The number of anilines is 1. The summed E-state index contributed by atoms with van der Waals surface area (Å²) in [5.74, 6) is -0.360. The molecular formula is C26H33FN4O2. The molecule has 1 unspecified atom stereocenters. The molecule has 4 N–H and O–H groups in total. The van der Waals surface area contributed by atoms with Crippen molar-refractivity contribution in [3.8, 4) is 0 Å². The number of hydrogen-bond donors (Lipinski definition) is 3. The van der Waals surface area contributed by atoms with Gasteiger partial charge < -0.3 is 16.4 Å². The first kappa shape index (κ1) is 23.4. The molecule has 2 aliphatic rings. The van der Waals surface area contributed by atoms with Crippen LogP contribution in [-0.2, 0) is 15.0 Å². The predicted molar refractivity (Wildman–Crippen MR) is 126 cm³/mol. The molecule has 1 aromatic carbocycles. The van der Waals surface area contributed by atoms with E-state index in [2.05, 4.69) is 15.6 Å². The Morgan fingerprint density at radius 1 is 1.03 bits per heavy atom. The zero-order valence-corrected chi connectivity index (χ0v) is 18.9. The van der Waals surface area contributed by atoms with E-state index < -0.39 is 6.04 Å². The van der Waals surface area contributed by atoms with Gasteiger partial charge in [-0.3, -0.25) is 14.6 Å². The molecule has 2 fully saturated rings. The number of aromatic nitrogens is 1. The van der Waals surface area contributed by atoms with Crippen LogP contribution in [-0.4, -0.2) is 29.4 Å². The number of nitrogens with zero attached hydrogens (tertiary/aromatic N) is 1. The molecule has 2 saturated carbocycles. The maximum absolute atomic E-state index is 13.4. The van der Waals surface area contributed by atoms with Crippen LogP contribution < -0.4 is 16.4 Å². The van der Waals surface area contributed by atoms with Crippen molar-refractivity contribution < 1.29 is 14.0 Å². The molecule has 7 heteroatoms. The Bertz CT molecular complexity index is 937. The molecule has 0 bridgehead atoms. The van der Waals surface area contributed by atoms with E-state index in [1.807, 2.05) is 12.1 Å². The zero-order chi connectivity index (χ0) is 23.3. The number of carbonyl (C=O) groups is 2. The summed E-state index contributed by atoms with van der Waals surface area (Å²) in [4.78, 5) is 29.4. The van der Waals surface area contributed by atoms with Gasteiger partial charge >= 0.3 is 0 Å². The van der Waals surface area contributed by atoms with Gasteiger partial charge in [0.1, 0.15) is 5.82 Å². The summed E-state index contributed by atoms with van der Waals surface area (Å²) in [5, 5.41) is 6.04. The van der Waals surface area contributed by atoms with Gasteiger partial charge in [-0.1, -0.05) is 25.0 Å². The van der Waals surface area contributed by atoms with Crippen molar-refractivity contribution in [3.63, 3.8) is 0 Å². The van der Waals surface area contributed by atoms with Gasteiger partial charge in [-0.25, -0.2) is 4.39 Å². The normalized spacial score (nSPS) is 23.0. The lowest BCUT2D eigenvalue weighted by molar-refractivity contribution is -0.124. The second-order valence-electron chi connectivity index (χ2n) is 9.57. The van der Waals surface area contributed by atoms with Gasteiger partial charge in [0.15, 0.2) is 0 Å². The number of pyridine rings is 1. The summed E-state index contributed by atoms with van der Waals surface area (Å²) in [5.41, 5.74) is 8.03. The van der Waals surface area contributed by atoms with Crippen LogP contribution in [0.3, 0.4) is 0 Å². The van der Waals surface area contributed by atoms with Gasteiger partial charge in [0.05, 0.1) is 6.04 Å². The van der Waals surface area contributed by atoms with E-state index in [0.29, 0.717) is 6.54 Å². The van der Waals surface area contributed by atoms with Crippen molar-refractivity contribution in [2.75, 3.05) is 11.9 Å². The van der Waals surface area contributed by atoms with Gasteiger partial charge in [0.2, 0.25) is 11.8 Å². The summed E-state index contributed by atoms with van der Waals surface area (Å²) >= 11 is 0. The Kier molecular flexibility index (Phi) is 7.38. The molecule has 6 nitrogen and oxygen atoms in total. The number of rotatable bonds is 7. The average Bonchev–Trinajstić information content (AvgIpc) is 3.33. The van der Waals surface area contributed by atoms with E-state index in [1.165, 1.54) is 12.1 Å². The van der Waals surface area contributed by atoms with Crippen LogP contribution in [0, 0.1) is 17.7 Å². The molecule has 0 spiro atoms. The third kappa shape index (κ3) is 5.58. The molecule has 2 amide bonds. The van der Waals surface area contributed by atoms with Gasteiger partial charge in [-0.2, -0.15) is 0 Å². The van der Waals surface area contributed by atoms with Crippen molar-refractivity contribution in [3.05, 3.63) is 60.2 Å². The monoisotopic (exact) mass is 452 g/mol. The van der Waals surface area contributed by atoms with Crippen LogP contribution in [0.2, 0.25) is 0 Å². The number of carbonyl (C=O) groups excluding carboxylic acids is 2. The molecule has 4 rings (SSSR count). The van der Waals surface area contributed by atoms with Crippen molar-refractivity contribution in [1.82, 2.24) is 10.3 Å². The van der Waals surface area contributed by atoms with Gasteiger partial charge in [0, 0.05) is 36.0 Å². The standard InChI is InChI=1S/C26H33FN4O2/c27-21-9-7-20(8-10-21)26(13-1-2-14-26)17-30-25(33)23(28)18-3-5-19(6-4-18)24(32)31-22-11-15-29-16-12-22/h7-12,15-16,18-19,23H,1-6,13-14,17,28H2,(H,30,33)(H,29,31,32). The summed E-state index contributed by atoms with van der Waals surface area (Å²) in [6.45, 7) is 0.523. The van der Waals surface area contributed by atoms with Crippen LogP contribution >= 0.6 is 0 Å². The molecule has 2 aliphatic carbocycles. The van der Waals surface area contributed by atoms with E-state index in [0.717, 1.165) is 62.6 Å². The van der Waals surface area contributed by atoms with E-state index >= 15 is 0 Å². The van der Waals surface area contributed by atoms with Gasteiger partial charge in [0.25, 0.3) is 0 Å². The lowest BCUT2D eigenvalue weighted by Crippen LogP contribution is -2.50. The minimum atomic E-state index is -0.583. The van der Waals surface area contributed by atoms with Crippen molar-refractivity contribution >= 4 is 17.5 Å². The molecule has 1 atom stereocenters. The highest BCUT2D eigenvalue weighted by molar-refractivity contribution is 5.92. The highest BCUT2D eigenvalue weighted by Crippen LogP contribution is 2.40. The number of amides is 2. The summed E-state index contributed by atoms with van der Waals surface area (Å²) in [7, 11) is 0. The smallest absolute Gasteiger partial charge is 0.237 e. The molecule has 0 saturated heterocycles. The van der Waals surface area contributed by atoms with Gasteiger partial charge in [-0.05, 0) is 74.3 Å². The predicted octanol–water partition coefficient (Wildman–Crippen LogP) is 3.92. The van der Waals surface area contributed by atoms with Crippen LogP contribution in [0.25, 0.3) is 0 Å². The van der Waals surface area contributed by atoms with E-state index in [-0.39, 0.29) is 34.9 Å². The fraction of sp³-hybridized carbons (Fsp3) is 0.500. The molecule has 0 radical (unpaired) electrons. The molecule has 1 heterocycles. The van der Waals surface area contributed by atoms with Crippen molar-refractivity contribution in [2.45, 2.75) is 62.8 Å². The Morgan fingerprint density at radius 3 is 2.30 bits per heavy atom. The highest BCUT2D eigenvalue weighted by atomic mass is 19.1. The first-order valence-electron chi connectivity index (χ1n) is 12.0. The fourth-order valence-corrected chi connectivity index (χ4v) is 5.43. The molecule has 33 heavy (non-hydrogen) atoms. The maximum Gasteiger partial charge on any atom is 0.237 e. The number of halogens is 1. The van der Waals surface area contributed by atoms with Gasteiger partial charge in [-0.15, -0.1) is 0 Å². The quantitative estimate of drug-likeness (QED) is 0.593. The van der Waals surface area contributed by atoms with Crippen LogP contribution in [0.5, 0.6) is 0 Å². The van der Waals surface area contributed by atoms with Crippen LogP contribution in [0.1, 0.15) is 56.9 Å². The minimum Gasteiger partial charge on any atom is -0.354 e. The number of nitrogens with two attached hydrogens (primary N) is 1. The Balaban J connectivity index is 1.28. The maximum atomic E-state index is 13.4. The Labute approximate surface area is 194 Å².